The molecule has 8 heteroatoms. The Morgan fingerprint density at radius 2 is 2.00 bits per heavy atom. The third-order valence-electron chi connectivity index (χ3n) is 4.15. The van der Waals surface area contributed by atoms with Crippen LogP contribution in [0.3, 0.4) is 0 Å². The minimum absolute atomic E-state index is 0. The number of aliphatic imine (C=N–C) groups is 1. The molecule has 126 valence electrons. The molecule has 22 heavy (non-hydrogen) atoms. The van der Waals surface area contributed by atoms with Crippen LogP contribution < -0.4 is 10.6 Å². The normalized spacial score (nSPS) is 16.6. The summed E-state index contributed by atoms with van der Waals surface area (Å²) in [4.78, 5) is 13.1. The van der Waals surface area contributed by atoms with Crippen LogP contribution >= 0.6 is 35.3 Å². The van der Waals surface area contributed by atoms with Gasteiger partial charge in [0.05, 0.1) is 12.1 Å². The summed E-state index contributed by atoms with van der Waals surface area (Å²) in [6, 6.07) is 0. The first-order valence-electron chi connectivity index (χ1n) is 7.49. The Labute approximate surface area is 153 Å². The Morgan fingerprint density at radius 1 is 1.36 bits per heavy atom. The minimum Gasteiger partial charge on any atom is -0.388 e. The molecular weight excluding hydrogens is 413 g/mol. The van der Waals surface area contributed by atoms with Crippen molar-refractivity contribution in [3.05, 3.63) is 11.6 Å². The summed E-state index contributed by atoms with van der Waals surface area (Å²) in [6.45, 7) is 7.80. The largest absolute Gasteiger partial charge is 0.388 e. The Bertz CT molecular complexity index is 456. The first-order chi connectivity index (χ1) is 10.1. The summed E-state index contributed by atoms with van der Waals surface area (Å²) in [5.41, 5.74) is 5.33. The number of thiazole rings is 1. The van der Waals surface area contributed by atoms with Gasteiger partial charge in [0.2, 0.25) is 0 Å². The van der Waals surface area contributed by atoms with Gasteiger partial charge in [-0.05, 0) is 12.8 Å². The number of anilines is 1. The second kappa shape index (κ2) is 8.88. The molecule has 0 saturated carbocycles. The Kier molecular flexibility index (Phi) is 7.84. The second-order valence-corrected chi connectivity index (χ2v) is 6.27. The van der Waals surface area contributed by atoms with Crippen molar-refractivity contribution >= 4 is 46.4 Å². The average molecular weight is 439 g/mol. The number of nitrogens with zero attached hydrogens (tertiary/aromatic N) is 4. The zero-order valence-electron chi connectivity index (χ0n) is 13.2. The SMILES string of the molecule is CCC(O)(CC)CN=C(N)N1CCN(c2nccs2)CC1.I. The standard InChI is InChI=1S/C14H25N5OS.HI/c1-3-14(20,4-2)11-17-12(15)18-6-8-19(9-7-18)13-16-5-10-21-13;/h5,10,20H,3-4,6-9,11H2,1-2H3,(H2,15,17);1H. The van der Waals surface area contributed by atoms with Gasteiger partial charge in [-0.25, -0.2) is 4.98 Å². The van der Waals surface area contributed by atoms with Gasteiger partial charge < -0.3 is 20.6 Å². The molecular formula is C14H26IN5OS. The number of rotatable bonds is 5. The Morgan fingerprint density at radius 3 is 2.50 bits per heavy atom. The van der Waals surface area contributed by atoms with Gasteiger partial charge in [0.15, 0.2) is 11.1 Å². The topological polar surface area (TPSA) is 78.0 Å². The van der Waals surface area contributed by atoms with Crippen LogP contribution in [0, 0.1) is 0 Å². The van der Waals surface area contributed by atoms with Crippen LogP contribution in [0.15, 0.2) is 16.6 Å². The summed E-state index contributed by atoms with van der Waals surface area (Å²) < 4.78 is 0. The number of halogens is 1. The van der Waals surface area contributed by atoms with Crippen LogP contribution in [0.4, 0.5) is 5.13 Å². The summed E-state index contributed by atoms with van der Waals surface area (Å²) in [5, 5.41) is 13.3. The predicted octanol–water partition coefficient (Wildman–Crippen LogP) is 1.75. The highest BCUT2D eigenvalue weighted by atomic mass is 127. The van der Waals surface area contributed by atoms with Crippen molar-refractivity contribution in [1.29, 1.82) is 0 Å². The van der Waals surface area contributed by atoms with Gasteiger partial charge in [0, 0.05) is 37.8 Å². The molecule has 0 spiro atoms. The maximum Gasteiger partial charge on any atom is 0.191 e. The van der Waals surface area contributed by atoms with E-state index in [9.17, 15) is 5.11 Å². The fraction of sp³-hybridized carbons (Fsp3) is 0.714. The molecule has 6 nitrogen and oxygen atoms in total. The Balaban J connectivity index is 0.00000242. The third-order valence-corrected chi connectivity index (χ3v) is 4.98. The zero-order valence-corrected chi connectivity index (χ0v) is 16.4. The molecule has 1 fully saturated rings. The van der Waals surface area contributed by atoms with Crippen molar-refractivity contribution in [2.45, 2.75) is 32.3 Å². The second-order valence-electron chi connectivity index (χ2n) is 5.39. The van der Waals surface area contributed by atoms with Crippen LogP contribution in [-0.4, -0.2) is 59.3 Å². The molecule has 0 atom stereocenters. The van der Waals surface area contributed by atoms with E-state index in [1.165, 1.54) is 0 Å². The fourth-order valence-electron chi connectivity index (χ4n) is 2.30. The summed E-state index contributed by atoms with van der Waals surface area (Å²) in [5.74, 6) is 0.536. The summed E-state index contributed by atoms with van der Waals surface area (Å²) >= 11 is 1.66. The number of hydrogen-bond donors (Lipinski definition) is 2. The van der Waals surface area contributed by atoms with Crippen LogP contribution in [0.5, 0.6) is 0 Å². The van der Waals surface area contributed by atoms with E-state index >= 15 is 0 Å². The molecule has 2 heterocycles. The van der Waals surface area contributed by atoms with Crippen molar-refractivity contribution in [2.24, 2.45) is 10.7 Å². The third kappa shape index (κ3) is 4.95. The molecule has 0 aliphatic carbocycles. The van der Waals surface area contributed by atoms with Crippen LogP contribution in [0.1, 0.15) is 26.7 Å². The molecule has 0 amide bonds. The molecule has 1 saturated heterocycles. The van der Waals surface area contributed by atoms with E-state index in [4.69, 9.17) is 5.73 Å². The lowest BCUT2D eigenvalue weighted by Crippen LogP contribution is -2.51. The highest BCUT2D eigenvalue weighted by molar-refractivity contribution is 14.0. The van der Waals surface area contributed by atoms with Crippen molar-refractivity contribution in [3.8, 4) is 0 Å². The average Bonchev–Trinajstić information content (AvgIpc) is 3.07. The van der Waals surface area contributed by atoms with E-state index in [1.54, 1.807) is 11.3 Å². The maximum absolute atomic E-state index is 10.2. The van der Waals surface area contributed by atoms with Crippen molar-refractivity contribution < 1.29 is 5.11 Å². The number of piperazine rings is 1. The van der Waals surface area contributed by atoms with Gasteiger partial charge in [0.1, 0.15) is 0 Å². The molecule has 1 aromatic heterocycles. The van der Waals surface area contributed by atoms with E-state index < -0.39 is 5.60 Å². The minimum atomic E-state index is -0.729. The first kappa shape index (κ1) is 19.4. The lowest BCUT2D eigenvalue weighted by molar-refractivity contribution is 0.0416. The van der Waals surface area contributed by atoms with Gasteiger partial charge in [-0.3, -0.25) is 4.99 Å². The fourth-order valence-corrected chi connectivity index (χ4v) is 3.00. The lowest BCUT2D eigenvalue weighted by atomic mass is 9.98. The first-order valence-corrected chi connectivity index (χ1v) is 8.37. The van der Waals surface area contributed by atoms with E-state index in [1.807, 2.05) is 25.4 Å². The van der Waals surface area contributed by atoms with E-state index in [0.717, 1.165) is 31.3 Å². The molecule has 0 radical (unpaired) electrons. The molecule has 0 bridgehead atoms. The van der Waals surface area contributed by atoms with Crippen molar-refractivity contribution in [3.63, 3.8) is 0 Å². The van der Waals surface area contributed by atoms with Gasteiger partial charge in [-0.2, -0.15) is 0 Å². The van der Waals surface area contributed by atoms with Gasteiger partial charge in [0.25, 0.3) is 0 Å². The van der Waals surface area contributed by atoms with Crippen LogP contribution in [0.25, 0.3) is 0 Å². The molecule has 0 unspecified atom stereocenters. The Hall–Kier alpha value is -0.610. The van der Waals surface area contributed by atoms with E-state index in [0.29, 0.717) is 25.3 Å². The van der Waals surface area contributed by atoms with Crippen molar-refractivity contribution in [1.82, 2.24) is 9.88 Å². The van der Waals surface area contributed by atoms with Crippen molar-refractivity contribution in [2.75, 3.05) is 37.6 Å². The number of aliphatic hydroxyl groups is 1. The number of hydrogen-bond acceptors (Lipinski definition) is 5. The van der Waals surface area contributed by atoms with E-state index in [-0.39, 0.29) is 24.0 Å². The number of aromatic nitrogens is 1. The molecule has 1 aliphatic rings. The zero-order chi connectivity index (χ0) is 15.3. The molecule has 2 rings (SSSR count). The van der Waals surface area contributed by atoms with Crippen LogP contribution in [0.2, 0.25) is 0 Å². The highest BCUT2D eigenvalue weighted by Gasteiger charge is 2.23. The molecule has 1 aromatic rings. The quantitative estimate of drug-likeness (QED) is 0.415. The smallest absolute Gasteiger partial charge is 0.191 e. The molecule has 0 aromatic carbocycles. The maximum atomic E-state index is 10.2. The lowest BCUT2D eigenvalue weighted by Gasteiger charge is -2.35. The molecule has 1 aliphatic heterocycles. The monoisotopic (exact) mass is 439 g/mol. The van der Waals surface area contributed by atoms with Crippen LogP contribution in [-0.2, 0) is 0 Å². The molecule has 3 N–H and O–H groups in total. The van der Waals surface area contributed by atoms with E-state index in [2.05, 4.69) is 19.8 Å². The van der Waals surface area contributed by atoms with Gasteiger partial charge in [-0.1, -0.05) is 13.8 Å². The summed E-state index contributed by atoms with van der Waals surface area (Å²) in [6.07, 6.45) is 3.22. The summed E-state index contributed by atoms with van der Waals surface area (Å²) in [7, 11) is 0. The predicted molar refractivity (Wildman–Crippen MR) is 103 cm³/mol. The highest BCUT2D eigenvalue weighted by Crippen LogP contribution is 2.19. The number of guanidine groups is 1. The van der Waals surface area contributed by atoms with Gasteiger partial charge in [-0.15, -0.1) is 35.3 Å². The number of nitrogens with two attached hydrogens (primary N) is 1. The van der Waals surface area contributed by atoms with Gasteiger partial charge >= 0.3 is 0 Å².